The number of piperidine rings is 1. The number of hydrogen-bond acceptors (Lipinski definition) is 7. The standard InChI is InChI=1S/C23H19Cl3N6O5/c24-15-5-4-13(32(36)37)10-14(15)21(33)29-18-11-31(23(35)19-16(25)2-1-3-17(19)26)30-20(18)22(34)28-12-6-8-27-9-7-12/h1-5,10-12,27H,6-9H2,(H,28,34)(H,29,33). The molecule has 11 nitrogen and oxygen atoms in total. The van der Waals surface area contributed by atoms with Crippen LogP contribution in [0.3, 0.4) is 0 Å². The summed E-state index contributed by atoms with van der Waals surface area (Å²) in [5, 5.41) is 23.9. The summed E-state index contributed by atoms with van der Waals surface area (Å²) >= 11 is 18.4. The topological polar surface area (TPSA) is 148 Å². The second kappa shape index (κ2) is 11.3. The highest BCUT2D eigenvalue weighted by molar-refractivity contribution is 6.39. The zero-order chi connectivity index (χ0) is 26.7. The summed E-state index contributed by atoms with van der Waals surface area (Å²) in [5.41, 5.74) is -0.954. The number of anilines is 1. The van der Waals surface area contributed by atoms with E-state index in [-0.39, 0.29) is 49.3 Å². The number of amides is 2. The molecule has 0 atom stereocenters. The van der Waals surface area contributed by atoms with Crippen LogP contribution in [0.4, 0.5) is 11.4 Å². The fourth-order valence-corrected chi connectivity index (χ4v) is 4.53. The van der Waals surface area contributed by atoms with Crippen molar-refractivity contribution in [3.05, 3.63) is 84.6 Å². The second-order valence-electron chi connectivity index (χ2n) is 8.11. The summed E-state index contributed by atoms with van der Waals surface area (Å²) in [7, 11) is 0. The monoisotopic (exact) mass is 564 g/mol. The average Bonchev–Trinajstić information content (AvgIpc) is 3.28. The van der Waals surface area contributed by atoms with E-state index in [0.717, 1.165) is 36.1 Å². The van der Waals surface area contributed by atoms with Gasteiger partial charge < -0.3 is 16.0 Å². The number of non-ortho nitro benzene ring substituents is 1. The lowest BCUT2D eigenvalue weighted by Gasteiger charge is -2.23. The summed E-state index contributed by atoms with van der Waals surface area (Å²) in [6, 6.07) is 7.75. The van der Waals surface area contributed by atoms with E-state index in [0.29, 0.717) is 12.8 Å². The molecule has 0 spiro atoms. The minimum absolute atomic E-state index is 0.0433. The highest BCUT2D eigenvalue weighted by Crippen LogP contribution is 2.27. The summed E-state index contributed by atoms with van der Waals surface area (Å²) in [4.78, 5) is 49.8. The SMILES string of the molecule is O=C(Nc1cn(C(=O)c2c(Cl)cccc2Cl)nc1C(=O)NC1CCNCC1)c1cc([N+](=O)[O-])ccc1Cl. The van der Waals surface area contributed by atoms with Crippen molar-refractivity contribution in [2.45, 2.75) is 18.9 Å². The van der Waals surface area contributed by atoms with Gasteiger partial charge in [-0.3, -0.25) is 24.5 Å². The zero-order valence-corrected chi connectivity index (χ0v) is 21.2. The summed E-state index contributed by atoms with van der Waals surface area (Å²) in [6.07, 6.45) is 2.51. The van der Waals surface area contributed by atoms with Crippen LogP contribution in [0.2, 0.25) is 15.1 Å². The van der Waals surface area contributed by atoms with Crippen LogP contribution in [0.25, 0.3) is 0 Å². The van der Waals surface area contributed by atoms with Crippen molar-refractivity contribution in [2.24, 2.45) is 0 Å². The lowest BCUT2D eigenvalue weighted by molar-refractivity contribution is -0.384. The molecule has 1 aliphatic heterocycles. The molecule has 0 saturated carbocycles. The van der Waals surface area contributed by atoms with E-state index in [1.54, 1.807) is 6.07 Å². The Hall–Kier alpha value is -3.51. The fraction of sp³-hybridized carbons (Fsp3) is 0.217. The van der Waals surface area contributed by atoms with Crippen LogP contribution < -0.4 is 16.0 Å². The molecule has 0 bridgehead atoms. The number of nitrogens with zero attached hydrogens (tertiary/aromatic N) is 3. The Morgan fingerprint density at radius 3 is 2.35 bits per heavy atom. The van der Waals surface area contributed by atoms with Gasteiger partial charge in [0.25, 0.3) is 23.4 Å². The van der Waals surface area contributed by atoms with Crippen molar-refractivity contribution >= 4 is 63.9 Å². The van der Waals surface area contributed by atoms with Crippen molar-refractivity contribution in [3.63, 3.8) is 0 Å². The molecule has 14 heteroatoms. The molecule has 1 aliphatic rings. The minimum Gasteiger partial charge on any atom is -0.348 e. The van der Waals surface area contributed by atoms with Crippen molar-refractivity contribution in [2.75, 3.05) is 18.4 Å². The maximum absolute atomic E-state index is 13.2. The van der Waals surface area contributed by atoms with E-state index < -0.39 is 22.6 Å². The van der Waals surface area contributed by atoms with Gasteiger partial charge in [0, 0.05) is 18.2 Å². The number of rotatable bonds is 6. The average molecular weight is 566 g/mol. The maximum atomic E-state index is 13.2. The third-order valence-electron chi connectivity index (χ3n) is 5.64. The predicted octanol–water partition coefficient (Wildman–Crippen LogP) is 4.17. The van der Waals surface area contributed by atoms with Crippen LogP contribution in [0.1, 0.15) is 44.0 Å². The Kier molecular flexibility index (Phi) is 8.08. The molecular weight excluding hydrogens is 547 g/mol. The molecule has 2 heterocycles. The van der Waals surface area contributed by atoms with Crippen molar-refractivity contribution in [1.82, 2.24) is 20.4 Å². The Labute approximate surface area is 225 Å². The van der Waals surface area contributed by atoms with Crippen LogP contribution in [0, 0.1) is 10.1 Å². The van der Waals surface area contributed by atoms with Crippen molar-refractivity contribution < 1.29 is 19.3 Å². The zero-order valence-electron chi connectivity index (χ0n) is 19.0. The molecule has 0 aliphatic carbocycles. The molecule has 0 radical (unpaired) electrons. The summed E-state index contributed by atoms with van der Waals surface area (Å²) < 4.78 is 0.842. The van der Waals surface area contributed by atoms with Gasteiger partial charge in [-0.15, -0.1) is 0 Å². The van der Waals surface area contributed by atoms with E-state index in [1.807, 2.05) is 0 Å². The van der Waals surface area contributed by atoms with Gasteiger partial charge in [0.1, 0.15) is 0 Å². The normalized spacial score (nSPS) is 13.7. The molecule has 192 valence electrons. The molecule has 2 amide bonds. The van der Waals surface area contributed by atoms with Crippen LogP contribution in [-0.4, -0.2) is 51.6 Å². The molecule has 1 fully saturated rings. The number of carbonyl (C=O) groups excluding carboxylic acids is 3. The van der Waals surface area contributed by atoms with E-state index in [2.05, 4.69) is 21.0 Å². The number of halogens is 3. The van der Waals surface area contributed by atoms with Gasteiger partial charge >= 0.3 is 0 Å². The first-order chi connectivity index (χ1) is 17.7. The van der Waals surface area contributed by atoms with Crippen molar-refractivity contribution in [1.29, 1.82) is 0 Å². The van der Waals surface area contributed by atoms with Gasteiger partial charge in [0.15, 0.2) is 5.69 Å². The Morgan fingerprint density at radius 2 is 1.70 bits per heavy atom. The van der Waals surface area contributed by atoms with Gasteiger partial charge in [-0.1, -0.05) is 40.9 Å². The quantitative estimate of drug-likeness (QED) is 0.300. The number of nitrogens with one attached hydrogen (secondary N) is 3. The molecule has 2 aromatic carbocycles. The van der Waals surface area contributed by atoms with Crippen LogP contribution >= 0.6 is 34.8 Å². The highest BCUT2D eigenvalue weighted by Gasteiger charge is 2.27. The Balaban J connectivity index is 1.70. The van der Waals surface area contributed by atoms with Gasteiger partial charge in [0.2, 0.25) is 0 Å². The van der Waals surface area contributed by atoms with E-state index in [1.165, 1.54) is 18.2 Å². The van der Waals surface area contributed by atoms with Crippen LogP contribution in [0.15, 0.2) is 42.6 Å². The second-order valence-corrected chi connectivity index (χ2v) is 9.33. The molecule has 1 saturated heterocycles. The molecule has 0 unspecified atom stereocenters. The highest BCUT2D eigenvalue weighted by atomic mass is 35.5. The minimum atomic E-state index is -0.840. The van der Waals surface area contributed by atoms with Crippen molar-refractivity contribution in [3.8, 4) is 0 Å². The number of hydrogen-bond donors (Lipinski definition) is 3. The fourth-order valence-electron chi connectivity index (χ4n) is 3.76. The molecule has 4 rings (SSSR count). The molecule has 37 heavy (non-hydrogen) atoms. The van der Waals surface area contributed by atoms with Crippen LogP contribution in [-0.2, 0) is 0 Å². The largest absolute Gasteiger partial charge is 0.348 e. The molecular formula is C23H19Cl3N6O5. The maximum Gasteiger partial charge on any atom is 0.281 e. The van der Waals surface area contributed by atoms with Gasteiger partial charge in [-0.05, 0) is 44.1 Å². The van der Waals surface area contributed by atoms with E-state index in [4.69, 9.17) is 34.8 Å². The number of benzene rings is 2. The number of aromatic nitrogens is 2. The lowest BCUT2D eigenvalue weighted by Crippen LogP contribution is -2.43. The predicted molar refractivity (Wildman–Crippen MR) is 138 cm³/mol. The number of nitro benzene ring substituents is 1. The molecule has 3 aromatic rings. The van der Waals surface area contributed by atoms with Crippen LogP contribution in [0.5, 0.6) is 0 Å². The summed E-state index contributed by atoms with van der Waals surface area (Å²) in [6.45, 7) is 1.44. The van der Waals surface area contributed by atoms with Gasteiger partial charge in [0.05, 0.1) is 43.0 Å². The molecule has 3 N–H and O–H groups in total. The third kappa shape index (κ3) is 5.91. The van der Waals surface area contributed by atoms with Gasteiger partial charge in [-0.2, -0.15) is 5.10 Å². The van der Waals surface area contributed by atoms with Gasteiger partial charge in [-0.25, -0.2) is 4.68 Å². The summed E-state index contributed by atoms with van der Waals surface area (Å²) in [5.74, 6) is -2.20. The van der Waals surface area contributed by atoms with E-state index >= 15 is 0 Å². The smallest absolute Gasteiger partial charge is 0.281 e. The third-order valence-corrected chi connectivity index (χ3v) is 6.60. The first-order valence-electron chi connectivity index (χ1n) is 11.0. The first kappa shape index (κ1) is 26.6. The lowest BCUT2D eigenvalue weighted by atomic mass is 10.1. The Morgan fingerprint density at radius 1 is 1.03 bits per heavy atom. The Bertz CT molecular complexity index is 1380. The van der Waals surface area contributed by atoms with E-state index in [9.17, 15) is 24.5 Å². The number of nitro groups is 1. The molecule has 1 aromatic heterocycles. The number of carbonyl (C=O) groups is 3. The first-order valence-corrected chi connectivity index (χ1v) is 12.1.